The molecular formula is C29H36N2O4S. The van der Waals surface area contributed by atoms with Crippen molar-refractivity contribution in [1.82, 2.24) is 9.80 Å². The van der Waals surface area contributed by atoms with E-state index in [0.717, 1.165) is 29.0 Å². The van der Waals surface area contributed by atoms with Gasteiger partial charge in [0.2, 0.25) is 5.91 Å². The molecule has 0 spiro atoms. The van der Waals surface area contributed by atoms with Crippen LogP contribution < -0.4 is 9.47 Å². The van der Waals surface area contributed by atoms with Crippen LogP contribution in [-0.4, -0.2) is 66.3 Å². The maximum Gasteiger partial charge on any atom is 0.237 e. The molecule has 0 saturated carbocycles. The van der Waals surface area contributed by atoms with Gasteiger partial charge >= 0.3 is 0 Å². The molecule has 1 aromatic heterocycles. The molecule has 1 amide bonds. The Hall–Kier alpha value is -2.87. The van der Waals surface area contributed by atoms with Crippen LogP contribution in [0.2, 0.25) is 0 Å². The highest BCUT2D eigenvalue weighted by Gasteiger charge is 2.33. The van der Waals surface area contributed by atoms with Crippen molar-refractivity contribution in [2.75, 3.05) is 39.4 Å². The van der Waals surface area contributed by atoms with Gasteiger partial charge in [0.1, 0.15) is 30.8 Å². The van der Waals surface area contributed by atoms with Crippen LogP contribution in [-0.2, 0) is 11.2 Å². The average Bonchev–Trinajstić information content (AvgIpc) is 3.36. The number of carbonyl (C=O) groups excluding carboxylic acids is 1. The largest absolute Gasteiger partial charge is 0.491 e. The van der Waals surface area contributed by atoms with E-state index in [-0.39, 0.29) is 25.1 Å². The van der Waals surface area contributed by atoms with E-state index < -0.39 is 6.10 Å². The van der Waals surface area contributed by atoms with Crippen LogP contribution >= 0.6 is 11.3 Å². The van der Waals surface area contributed by atoms with Crippen molar-refractivity contribution in [2.24, 2.45) is 0 Å². The van der Waals surface area contributed by atoms with Crippen molar-refractivity contribution in [3.63, 3.8) is 0 Å². The molecule has 36 heavy (non-hydrogen) atoms. The number of benzene rings is 2. The quantitative estimate of drug-likeness (QED) is 0.409. The van der Waals surface area contributed by atoms with E-state index in [4.69, 9.17) is 9.47 Å². The number of para-hydroxylation sites is 2. The first-order chi connectivity index (χ1) is 17.5. The Morgan fingerprint density at radius 3 is 2.42 bits per heavy atom. The molecule has 0 saturated heterocycles. The van der Waals surface area contributed by atoms with Gasteiger partial charge in [-0.15, -0.1) is 11.3 Å². The second-order valence-electron chi connectivity index (χ2n) is 9.29. The number of ether oxygens (including phenoxy) is 2. The molecule has 2 unspecified atom stereocenters. The Morgan fingerprint density at radius 2 is 1.75 bits per heavy atom. The summed E-state index contributed by atoms with van der Waals surface area (Å²) in [6, 6.07) is 17.7. The standard InChI is InChI=1S/C29H36N2O4S/c1-4-30(17-23(32)19-34-26-11-7-5-9-21(26)2)18-29(33)31-15-13-28-24(14-16-36-28)25(31)20-35-27-12-8-6-10-22(27)3/h5-12,14,16,23,25,32H,4,13,15,17-20H2,1-3H3. The molecule has 0 aliphatic carbocycles. The van der Waals surface area contributed by atoms with Crippen LogP contribution in [0.1, 0.15) is 34.5 Å². The van der Waals surface area contributed by atoms with Crippen molar-refractivity contribution in [3.8, 4) is 11.5 Å². The Bertz CT molecular complexity index is 1150. The predicted octanol–water partition coefficient (Wildman–Crippen LogP) is 4.63. The van der Waals surface area contributed by atoms with Gasteiger partial charge in [-0.2, -0.15) is 0 Å². The maximum atomic E-state index is 13.5. The summed E-state index contributed by atoms with van der Waals surface area (Å²) < 4.78 is 12.0. The van der Waals surface area contributed by atoms with E-state index >= 15 is 0 Å². The summed E-state index contributed by atoms with van der Waals surface area (Å²) in [5, 5.41) is 12.7. The summed E-state index contributed by atoms with van der Waals surface area (Å²) in [7, 11) is 0. The topological polar surface area (TPSA) is 62.2 Å². The highest BCUT2D eigenvalue weighted by atomic mass is 32.1. The first-order valence-corrected chi connectivity index (χ1v) is 13.5. The van der Waals surface area contributed by atoms with E-state index in [9.17, 15) is 9.90 Å². The molecule has 3 aromatic rings. The van der Waals surface area contributed by atoms with Crippen LogP contribution in [0.4, 0.5) is 0 Å². The van der Waals surface area contributed by atoms with Crippen LogP contribution in [0.5, 0.6) is 11.5 Å². The third kappa shape index (κ3) is 6.46. The van der Waals surface area contributed by atoms with Gasteiger partial charge in [-0.05, 0) is 67.1 Å². The number of thiophene rings is 1. The summed E-state index contributed by atoms with van der Waals surface area (Å²) in [6.45, 7) is 8.57. The number of hydrogen-bond donors (Lipinski definition) is 1. The molecule has 0 bridgehead atoms. The highest BCUT2D eigenvalue weighted by molar-refractivity contribution is 7.10. The zero-order chi connectivity index (χ0) is 25.5. The van der Waals surface area contributed by atoms with Gasteiger partial charge in [-0.1, -0.05) is 43.3 Å². The second-order valence-corrected chi connectivity index (χ2v) is 10.3. The van der Waals surface area contributed by atoms with E-state index in [1.54, 1.807) is 11.3 Å². The summed E-state index contributed by atoms with van der Waals surface area (Å²) in [5.41, 5.74) is 3.29. The first-order valence-electron chi connectivity index (χ1n) is 12.6. The fourth-order valence-corrected chi connectivity index (χ4v) is 5.53. The first kappa shape index (κ1) is 26.2. The van der Waals surface area contributed by atoms with Crippen molar-refractivity contribution in [2.45, 2.75) is 39.3 Å². The van der Waals surface area contributed by atoms with E-state index in [0.29, 0.717) is 26.2 Å². The van der Waals surface area contributed by atoms with E-state index in [1.165, 1.54) is 10.4 Å². The Balaban J connectivity index is 1.37. The number of hydrogen-bond acceptors (Lipinski definition) is 6. The van der Waals surface area contributed by atoms with Crippen LogP contribution in [0.3, 0.4) is 0 Å². The zero-order valence-corrected chi connectivity index (χ0v) is 22.2. The van der Waals surface area contributed by atoms with Crippen molar-refractivity contribution >= 4 is 17.2 Å². The van der Waals surface area contributed by atoms with Gasteiger partial charge in [0, 0.05) is 18.0 Å². The van der Waals surface area contributed by atoms with Crippen LogP contribution in [0, 0.1) is 13.8 Å². The number of nitrogens with zero attached hydrogens (tertiary/aromatic N) is 2. The molecule has 4 rings (SSSR count). The number of carbonyl (C=O) groups is 1. The average molecular weight is 509 g/mol. The molecule has 0 fully saturated rings. The number of rotatable bonds is 11. The Labute approximate surface area is 218 Å². The Morgan fingerprint density at radius 1 is 1.08 bits per heavy atom. The number of aliphatic hydroxyl groups excluding tert-OH is 1. The fourth-order valence-electron chi connectivity index (χ4n) is 4.60. The maximum absolute atomic E-state index is 13.5. The molecule has 2 aromatic carbocycles. The summed E-state index contributed by atoms with van der Waals surface area (Å²) >= 11 is 1.75. The lowest BCUT2D eigenvalue weighted by atomic mass is 10.0. The van der Waals surface area contributed by atoms with Gasteiger partial charge in [0.05, 0.1) is 12.6 Å². The number of fused-ring (bicyclic) bond motifs is 1. The molecular weight excluding hydrogens is 472 g/mol. The van der Waals surface area contributed by atoms with Crippen molar-refractivity contribution in [3.05, 3.63) is 81.5 Å². The Kier molecular flexibility index (Phi) is 9.02. The van der Waals surface area contributed by atoms with E-state index in [2.05, 4.69) is 11.4 Å². The van der Waals surface area contributed by atoms with Crippen LogP contribution in [0.15, 0.2) is 60.0 Å². The lowest BCUT2D eigenvalue weighted by Crippen LogP contribution is -2.48. The summed E-state index contributed by atoms with van der Waals surface area (Å²) in [5.74, 6) is 1.67. The molecule has 0 radical (unpaired) electrons. The van der Waals surface area contributed by atoms with Crippen molar-refractivity contribution < 1.29 is 19.4 Å². The molecule has 2 atom stereocenters. The number of likely N-dealkylation sites (N-methyl/N-ethyl adjacent to an activating group) is 1. The molecule has 192 valence electrons. The predicted molar refractivity (Wildman–Crippen MR) is 144 cm³/mol. The minimum atomic E-state index is -0.692. The number of amides is 1. The molecule has 7 heteroatoms. The highest BCUT2D eigenvalue weighted by Crippen LogP contribution is 2.34. The minimum Gasteiger partial charge on any atom is -0.491 e. The zero-order valence-electron chi connectivity index (χ0n) is 21.4. The lowest BCUT2D eigenvalue weighted by Gasteiger charge is -2.37. The van der Waals surface area contributed by atoms with Gasteiger partial charge < -0.3 is 19.5 Å². The smallest absolute Gasteiger partial charge is 0.237 e. The van der Waals surface area contributed by atoms with Gasteiger partial charge in [-0.3, -0.25) is 9.69 Å². The molecule has 1 aliphatic rings. The third-order valence-electron chi connectivity index (χ3n) is 6.71. The van der Waals surface area contributed by atoms with Gasteiger partial charge in [0.25, 0.3) is 0 Å². The lowest BCUT2D eigenvalue weighted by molar-refractivity contribution is -0.136. The van der Waals surface area contributed by atoms with Gasteiger partial charge in [0.15, 0.2) is 0 Å². The number of aryl methyl sites for hydroxylation is 2. The second kappa shape index (κ2) is 12.4. The van der Waals surface area contributed by atoms with Crippen LogP contribution in [0.25, 0.3) is 0 Å². The summed E-state index contributed by atoms with van der Waals surface area (Å²) in [4.78, 5) is 18.8. The normalized spacial score (nSPS) is 16.0. The monoisotopic (exact) mass is 508 g/mol. The third-order valence-corrected chi connectivity index (χ3v) is 7.70. The molecule has 1 N–H and O–H groups in total. The number of aliphatic hydroxyl groups is 1. The minimum absolute atomic E-state index is 0.0547. The summed E-state index contributed by atoms with van der Waals surface area (Å²) in [6.07, 6.45) is 0.167. The molecule has 1 aliphatic heterocycles. The fraction of sp³-hybridized carbons (Fsp3) is 0.414. The van der Waals surface area contributed by atoms with E-state index in [1.807, 2.05) is 79.1 Å². The van der Waals surface area contributed by atoms with Gasteiger partial charge in [-0.25, -0.2) is 0 Å². The molecule has 2 heterocycles. The molecule has 6 nitrogen and oxygen atoms in total. The SMILES string of the molecule is CCN(CC(=O)N1CCc2sccc2C1COc1ccccc1C)CC(O)COc1ccccc1C. The van der Waals surface area contributed by atoms with Crippen molar-refractivity contribution in [1.29, 1.82) is 0 Å².